The van der Waals surface area contributed by atoms with Gasteiger partial charge in [0.1, 0.15) is 0 Å². The molecule has 0 radical (unpaired) electrons. The standard InChI is InChI=1S/C22H25NO7/c1-5-23(13-15-6-11-18(27-2)19(12-15)28-3)20(24)14-30-22(26)17-9-7-16(8-10-17)21(25)29-4/h6-12H,5,13-14H2,1-4H3. The van der Waals surface area contributed by atoms with Crippen molar-refractivity contribution >= 4 is 17.8 Å². The molecule has 0 aliphatic carbocycles. The quantitative estimate of drug-likeness (QED) is 0.582. The van der Waals surface area contributed by atoms with Crippen LogP contribution in [0.15, 0.2) is 42.5 Å². The first-order valence-corrected chi connectivity index (χ1v) is 9.27. The Morgan fingerprint density at radius 1 is 0.833 bits per heavy atom. The molecule has 0 atom stereocenters. The summed E-state index contributed by atoms with van der Waals surface area (Å²) in [6.07, 6.45) is 0. The van der Waals surface area contributed by atoms with Crippen molar-refractivity contribution in [3.63, 3.8) is 0 Å². The van der Waals surface area contributed by atoms with Crippen LogP contribution in [0.2, 0.25) is 0 Å². The molecule has 0 N–H and O–H groups in total. The minimum absolute atomic E-state index is 0.235. The average molecular weight is 415 g/mol. The van der Waals surface area contributed by atoms with Crippen LogP contribution in [-0.4, -0.2) is 57.2 Å². The van der Waals surface area contributed by atoms with Crippen LogP contribution in [0.4, 0.5) is 0 Å². The predicted molar refractivity (Wildman–Crippen MR) is 109 cm³/mol. The van der Waals surface area contributed by atoms with Crippen LogP contribution < -0.4 is 9.47 Å². The smallest absolute Gasteiger partial charge is 0.338 e. The molecule has 0 aliphatic heterocycles. The Balaban J connectivity index is 1.96. The van der Waals surface area contributed by atoms with Crippen LogP contribution in [0.1, 0.15) is 33.2 Å². The highest BCUT2D eigenvalue weighted by Crippen LogP contribution is 2.28. The first-order chi connectivity index (χ1) is 14.4. The summed E-state index contributed by atoms with van der Waals surface area (Å²) in [5.41, 5.74) is 1.41. The average Bonchev–Trinajstić information content (AvgIpc) is 2.79. The van der Waals surface area contributed by atoms with Gasteiger partial charge in [0.05, 0.1) is 32.5 Å². The predicted octanol–water partition coefficient (Wildman–Crippen LogP) is 2.70. The summed E-state index contributed by atoms with van der Waals surface area (Å²) >= 11 is 0. The summed E-state index contributed by atoms with van der Waals surface area (Å²) in [4.78, 5) is 37.7. The SMILES string of the molecule is CCN(Cc1ccc(OC)c(OC)c1)C(=O)COC(=O)c1ccc(C(=O)OC)cc1. The van der Waals surface area contributed by atoms with Crippen LogP contribution in [-0.2, 0) is 20.8 Å². The summed E-state index contributed by atoms with van der Waals surface area (Å²) in [5.74, 6) is -0.310. The summed E-state index contributed by atoms with van der Waals surface area (Å²) in [6.45, 7) is 2.23. The highest BCUT2D eigenvalue weighted by atomic mass is 16.5. The van der Waals surface area contributed by atoms with E-state index in [0.29, 0.717) is 30.2 Å². The van der Waals surface area contributed by atoms with E-state index in [9.17, 15) is 14.4 Å². The van der Waals surface area contributed by atoms with Crippen molar-refractivity contribution in [3.05, 3.63) is 59.2 Å². The molecule has 8 heteroatoms. The summed E-state index contributed by atoms with van der Waals surface area (Å²) in [5, 5.41) is 0. The molecule has 2 aromatic carbocycles. The molecule has 0 heterocycles. The van der Waals surface area contributed by atoms with E-state index in [1.54, 1.807) is 31.3 Å². The molecule has 2 aromatic rings. The number of benzene rings is 2. The van der Waals surface area contributed by atoms with Crippen LogP contribution in [0.25, 0.3) is 0 Å². The van der Waals surface area contributed by atoms with Gasteiger partial charge in [0.25, 0.3) is 5.91 Å². The molecule has 0 saturated carbocycles. The third-order valence-corrected chi connectivity index (χ3v) is 4.42. The zero-order valence-electron chi connectivity index (χ0n) is 17.5. The van der Waals surface area contributed by atoms with Gasteiger partial charge in [-0.2, -0.15) is 0 Å². The summed E-state index contributed by atoms with van der Waals surface area (Å²) in [7, 11) is 4.37. The molecular weight excluding hydrogens is 390 g/mol. The summed E-state index contributed by atoms with van der Waals surface area (Å²) < 4.78 is 20.2. The number of rotatable bonds is 9. The maximum absolute atomic E-state index is 12.5. The van der Waals surface area contributed by atoms with E-state index >= 15 is 0 Å². The minimum atomic E-state index is -0.651. The molecule has 0 saturated heterocycles. The molecule has 0 bridgehead atoms. The number of hydrogen-bond donors (Lipinski definition) is 0. The van der Waals surface area contributed by atoms with Gasteiger partial charge in [-0.1, -0.05) is 6.07 Å². The zero-order chi connectivity index (χ0) is 22.1. The Bertz CT molecular complexity index is 893. The fourth-order valence-corrected chi connectivity index (χ4v) is 2.74. The van der Waals surface area contributed by atoms with Gasteiger partial charge in [-0.15, -0.1) is 0 Å². The normalized spacial score (nSPS) is 10.1. The van der Waals surface area contributed by atoms with Crippen LogP contribution >= 0.6 is 0 Å². The van der Waals surface area contributed by atoms with Crippen molar-refractivity contribution in [3.8, 4) is 11.5 Å². The molecule has 8 nitrogen and oxygen atoms in total. The number of likely N-dealkylation sites (N-methyl/N-ethyl adjacent to an activating group) is 1. The highest BCUT2D eigenvalue weighted by molar-refractivity contribution is 5.94. The molecule has 0 aliphatic rings. The second-order valence-corrected chi connectivity index (χ2v) is 6.24. The number of methoxy groups -OCH3 is 3. The van der Waals surface area contributed by atoms with Gasteiger partial charge in [-0.3, -0.25) is 4.79 Å². The monoisotopic (exact) mass is 415 g/mol. The van der Waals surface area contributed by atoms with Crippen molar-refractivity contribution in [1.29, 1.82) is 0 Å². The lowest BCUT2D eigenvalue weighted by Gasteiger charge is -2.21. The molecule has 0 unspecified atom stereocenters. The Morgan fingerprint density at radius 3 is 1.97 bits per heavy atom. The molecule has 30 heavy (non-hydrogen) atoms. The van der Waals surface area contributed by atoms with Crippen molar-refractivity contribution in [2.24, 2.45) is 0 Å². The number of ether oxygens (including phenoxy) is 4. The first kappa shape index (κ1) is 22.7. The fraction of sp³-hybridized carbons (Fsp3) is 0.318. The number of carbonyl (C=O) groups excluding carboxylic acids is 3. The Morgan fingerprint density at radius 2 is 1.43 bits per heavy atom. The molecule has 0 aromatic heterocycles. The van der Waals surface area contributed by atoms with Crippen LogP contribution in [0.3, 0.4) is 0 Å². The Kier molecular flexibility index (Phi) is 8.22. The highest BCUT2D eigenvalue weighted by Gasteiger charge is 2.17. The van der Waals surface area contributed by atoms with E-state index in [1.807, 2.05) is 13.0 Å². The Hall–Kier alpha value is -3.55. The second kappa shape index (κ2) is 10.8. The maximum Gasteiger partial charge on any atom is 0.338 e. The number of hydrogen-bond acceptors (Lipinski definition) is 7. The maximum atomic E-state index is 12.5. The lowest BCUT2D eigenvalue weighted by molar-refractivity contribution is -0.134. The number of amides is 1. The largest absolute Gasteiger partial charge is 0.493 e. The molecule has 160 valence electrons. The van der Waals surface area contributed by atoms with E-state index < -0.39 is 18.5 Å². The molecule has 0 spiro atoms. The molecular formula is C22H25NO7. The fourth-order valence-electron chi connectivity index (χ4n) is 2.74. The second-order valence-electron chi connectivity index (χ2n) is 6.24. The van der Waals surface area contributed by atoms with Gasteiger partial charge in [0.15, 0.2) is 18.1 Å². The van der Waals surface area contributed by atoms with Crippen molar-refractivity contribution in [2.45, 2.75) is 13.5 Å². The van der Waals surface area contributed by atoms with Gasteiger partial charge in [-0.05, 0) is 48.9 Å². The van der Waals surface area contributed by atoms with Gasteiger partial charge < -0.3 is 23.8 Å². The molecule has 1 amide bonds. The van der Waals surface area contributed by atoms with E-state index in [2.05, 4.69) is 4.74 Å². The van der Waals surface area contributed by atoms with Crippen LogP contribution in [0, 0.1) is 0 Å². The van der Waals surface area contributed by atoms with Crippen molar-refractivity contribution in [2.75, 3.05) is 34.5 Å². The number of nitrogens with zero attached hydrogens (tertiary/aromatic N) is 1. The van der Waals surface area contributed by atoms with Crippen molar-refractivity contribution in [1.82, 2.24) is 4.90 Å². The van der Waals surface area contributed by atoms with Crippen molar-refractivity contribution < 1.29 is 33.3 Å². The van der Waals surface area contributed by atoms with E-state index in [1.165, 1.54) is 31.4 Å². The minimum Gasteiger partial charge on any atom is -0.493 e. The molecule has 0 fully saturated rings. The number of esters is 2. The lowest BCUT2D eigenvalue weighted by Crippen LogP contribution is -2.34. The van der Waals surface area contributed by atoms with Gasteiger partial charge in [-0.25, -0.2) is 9.59 Å². The third-order valence-electron chi connectivity index (χ3n) is 4.42. The van der Waals surface area contributed by atoms with E-state index in [-0.39, 0.29) is 11.5 Å². The lowest BCUT2D eigenvalue weighted by atomic mass is 10.1. The first-order valence-electron chi connectivity index (χ1n) is 9.27. The molecule has 2 rings (SSSR count). The van der Waals surface area contributed by atoms with Gasteiger partial charge in [0.2, 0.25) is 0 Å². The van der Waals surface area contributed by atoms with E-state index in [0.717, 1.165) is 5.56 Å². The van der Waals surface area contributed by atoms with Gasteiger partial charge in [0, 0.05) is 13.1 Å². The number of carbonyl (C=O) groups is 3. The van der Waals surface area contributed by atoms with Gasteiger partial charge >= 0.3 is 11.9 Å². The third kappa shape index (κ3) is 5.73. The summed E-state index contributed by atoms with van der Waals surface area (Å²) in [6, 6.07) is 11.2. The van der Waals surface area contributed by atoms with Crippen LogP contribution in [0.5, 0.6) is 11.5 Å². The van der Waals surface area contributed by atoms with E-state index in [4.69, 9.17) is 14.2 Å². The Labute approximate surface area is 175 Å². The topological polar surface area (TPSA) is 91.4 Å². The zero-order valence-corrected chi connectivity index (χ0v) is 17.5.